The monoisotopic (exact) mass is 222 g/mol. The molecular weight excluding hydrogens is 208 g/mol. The smallest absolute Gasteiger partial charge is 0.248 e. The Kier molecular flexibility index (Phi) is 2.64. The highest BCUT2D eigenvalue weighted by atomic mass is 16.2. The highest BCUT2D eigenvalue weighted by Gasteiger charge is 2.35. The number of nitrogens with one attached hydrogen (secondary N) is 1. The van der Waals surface area contributed by atoms with Crippen molar-refractivity contribution in [1.82, 2.24) is 15.1 Å². The third-order valence-corrected chi connectivity index (χ3v) is 2.63. The summed E-state index contributed by atoms with van der Waals surface area (Å²) in [6.45, 7) is 1.92. The fourth-order valence-corrected chi connectivity index (χ4v) is 1.84. The van der Waals surface area contributed by atoms with Gasteiger partial charge in [-0.25, -0.2) is 0 Å². The Hall–Kier alpha value is -1.85. The van der Waals surface area contributed by atoms with Crippen LogP contribution in [0.3, 0.4) is 0 Å². The van der Waals surface area contributed by atoms with Gasteiger partial charge in [0.15, 0.2) is 5.82 Å². The van der Waals surface area contributed by atoms with Gasteiger partial charge in [0.1, 0.15) is 6.04 Å². The minimum absolute atomic E-state index is 0.0475. The Labute approximate surface area is 93.2 Å². The van der Waals surface area contributed by atoms with Crippen molar-refractivity contribution in [3.05, 3.63) is 12.3 Å². The second kappa shape index (κ2) is 3.96. The lowest BCUT2D eigenvalue weighted by molar-refractivity contribution is -0.131. The molecule has 1 atom stereocenters. The fraction of sp³-hybridized carbons (Fsp3) is 0.500. The molecule has 1 saturated heterocycles. The molecule has 6 nitrogen and oxygen atoms in total. The summed E-state index contributed by atoms with van der Waals surface area (Å²) in [6.07, 6.45) is 2.33. The predicted octanol–water partition coefficient (Wildman–Crippen LogP) is -0.339. The van der Waals surface area contributed by atoms with E-state index in [1.807, 2.05) is 6.92 Å². The third-order valence-electron chi connectivity index (χ3n) is 2.63. The fourth-order valence-electron chi connectivity index (χ4n) is 1.84. The molecule has 1 N–H and O–H groups in total. The first kappa shape index (κ1) is 10.7. The molecule has 1 aliphatic rings. The summed E-state index contributed by atoms with van der Waals surface area (Å²) in [6, 6.07) is 1.29. The van der Waals surface area contributed by atoms with E-state index in [9.17, 15) is 9.59 Å². The van der Waals surface area contributed by atoms with E-state index in [1.54, 1.807) is 24.0 Å². The van der Waals surface area contributed by atoms with E-state index in [4.69, 9.17) is 0 Å². The first-order chi connectivity index (χ1) is 7.63. The maximum Gasteiger partial charge on any atom is 0.248 e. The number of rotatable bonds is 2. The molecule has 0 aromatic carbocycles. The number of hydrogen-bond donors (Lipinski definition) is 1. The van der Waals surface area contributed by atoms with E-state index in [1.165, 1.54) is 4.90 Å². The Morgan fingerprint density at radius 1 is 1.56 bits per heavy atom. The molecule has 2 amide bonds. The number of anilines is 1. The lowest BCUT2D eigenvalue weighted by Gasteiger charge is -2.32. The van der Waals surface area contributed by atoms with Gasteiger partial charge in [0.2, 0.25) is 11.8 Å². The van der Waals surface area contributed by atoms with Crippen LogP contribution in [0.5, 0.6) is 0 Å². The summed E-state index contributed by atoms with van der Waals surface area (Å²) in [4.78, 5) is 24.9. The molecule has 2 heterocycles. The Morgan fingerprint density at radius 3 is 2.88 bits per heavy atom. The first-order valence-electron chi connectivity index (χ1n) is 5.23. The van der Waals surface area contributed by atoms with Crippen LogP contribution < -0.4 is 10.2 Å². The lowest BCUT2D eigenvalue weighted by atomic mass is 10.1. The van der Waals surface area contributed by atoms with Gasteiger partial charge in [-0.2, -0.15) is 5.10 Å². The van der Waals surface area contributed by atoms with Crippen LogP contribution in [-0.4, -0.2) is 34.2 Å². The van der Waals surface area contributed by atoms with Crippen molar-refractivity contribution in [3.63, 3.8) is 0 Å². The number of nitrogens with zero attached hydrogens (tertiary/aromatic N) is 3. The van der Waals surface area contributed by atoms with Gasteiger partial charge in [-0.3, -0.25) is 19.2 Å². The van der Waals surface area contributed by atoms with Crippen LogP contribution in [0.25, 0.3) is 0 Å². The number of carbonyl (C=O) groups is 2. The van der Waals surface area contributed by atoms with E-state index in [0.29, 0.717) is 12.2 Å². The van der Waals surface area contributed by atoms with Crippen molar-refractivity contribution in [1.29, 1.82) is 0 Å². The number of piperazine rings is 1. The van der Waals surface area contributed by atoms with Crippen LogP contribution in [0.4, 0.5) is 5.82 Å². The van der Waals surface area contributed by atoms with Gasteiger partial charge in [0.25, 0.3) is 0 Å². The molecule has 86 valence electrons. The van der Waals surface area contributed by atoms with Crippen LogP contribution in [0.2, 0.25) is 0 Å². The van der Waals surface area contributed by atoms with Gasteiger partial charge >= 0.3 is 0 Å². The maximum atomic E-state index is 11.8. The normalized spacial score (nSPS) is 21.1. The summed E-state index contributed by atoms with van der Waals surface area (Å²) >= 11 is 0. The third kappa shape index (κ3) is 1.66. The van der Waals surface area contributed by atoms with E-state index in [-0.39, 0.29) is 18.4 Å². The van der Waals surface area contributed by atoms with Crippen LogP contribution >= 0.6 is 0 Å². The molecule has 1 aromatic heterocycles. The van der Waals surface area contributed by atoms with Gasteiger partial charge in [-0.1, -0.05) is 6.92 Å². The molecule has 1 unspecified atom stereocenters. The average molecular weight is 222 g/mol. The van der Waals surface area contributed by atoms with Gasteiger partial charge < -0.3 is 5.32 Å². The van der Waals surface area contributed by atoms with Crippen LogP contribution in [-0.2, 0) is 16.6 Å². The largest absolute Gasteiger partial charge is 0.345 e. The van der Waals surface area contributed by atoms with Crippen LogP contribution in [0.1, 0.15) is 13.3 Å². The lowest BCUT2D eigenvalue weighted by Crippen LogP contribution is -2.58. The van der Waals surface area contributed by atoms with Crippen molar-refractivity contribution in [3.8, 4) is 0 Å². The molecule has 0 saturated carbocycles. The van der Waals surface area contributed by atoms with Crippen LogP contribution in [0, 0.1) is 0 Å². The molecule has 1 fully saturated rings. The quantitative estimate of drug-likeness (QED) is 0.744. The maximum absolute atomic E-state index is 11.8. The van der Waals surface area contributed by atoms with Gasteiger partial charge in [0, 0.05) is 19.3 Å². The minimum atomic E-state index is -0.448. The van der Waals surface area contributed by atoms with E-state index in [0.717, 1.165) is 0 Å². The molecule has 1 aromatic rings. The minimum Gasteiger partial charge on any atom is -0.345 e. The van der Waals surface area contributed by atoms with E-state index in [2.05, 4.69) is 10.4 Å². The molecule has 6 heteroatoms. The van der Waals surface area contributed by atoms with E-state index < -0.39 is 6.04 Å². The van der Waals surface area contributed by atoms with E-state index >= 15 is 0 Å². The number of aryl methyl sites for hydroxylation is 1. The number of aromatic nitrogens is 2. The Morgan fingerprint density at radius 2 is 2.31 bits per heavy atom. The molecule has 0 spiro atoms. The molecule has 16 heavy (non-hydrogen) atoms. The summed E-state index contributed by atoms with van der Waals surface area (Å²) < 4.78 is 1.61. The number of amides is 2. The highest BCUT2D eigenvalue weighted by molar-refractivity contribution is 6.05. The number of carbonyl (C=O) groups excluding carboxylic acids is 2. The molecular formula is C10H14N4O2. The molecule has 0 aliphatic carbocycles. The van der Waals surface area contributed by atoms with Crippen molar-refractivity contribution in [2.75, 3.05) is 11.4 Å². The molecule has 0 radical (unpaired) electrons. The summed E-state index contributed by atoms with van der Waals surface area (Å²) in [5.74, 6) is 0.298. The van der Waals surface area contributed by atoms with Crippen molar-refractivity contribution >= 4 is 17.6 Å². The SMILES string of the molecule is CCC1C(=O)NCC(=O)N1c1ccn(C)n1. The first-order valence-corrected chi connectivity index (χ1v) is 5.23. The average Bonchev–Trinajstić information content (AvgIpc) is 2.67. The molecule has 0 bridgehead atoms. The Bertz CT molecular complexity index is 426. The zero-order chi connectivity index (χ0) is 11.7. The second-order valence-electron chi connectivity index (χ2n) is 3.75. The second-order valence-corrected chi connectivity index (χ2v) is 3.75. The van der Waals surface area contributed by atoms with Crippen molar-refractivity contribution in [2.45, 2.75) is 19.4 Å². The summed E-state index contributed by atoms with van der Waals surface area (Å²) in [7, 11) is 1.78. The topological polar surface area (TPSA) is 67.2 Å². The van der Waals surface area contributed by atoms with Gasteiger partial charge in [-0.05, 0) is 6.42 Å². The van der Waals surface area contributed by atoms with Crippen LogP contribution in [0.15, 0.2) is 12.3 Å². The van der Waals surface area contributed by atoms with Gasteiger partial charge in [0.05, 0.1) is 6.54 Å². The summed E-state index contributed by atoms with van der Waals surface area (Å²) in [5, 5.41) is 6.73. The molecule has 1 aliphatic heterocycles. The standard InChI is InChI=1S/C10H14N4O2/c1-3-7-10(16)11-6-9(15)14(7)8-4-5-13(2)12-8/h4-5,7H,3,6H2,1-2H3,(H,11,16). The summed E-state index contributed by atoms with van der Waals surface area (Å²) in [5.41, 5.74) is 0. The zero-order valence-corrected chi connectivity index (χ0v) is 9.30. The van der Waals surface area contributed by atoms with Gasteiger partial charge in [-0.15, -0.1) is 0 Å². The van der Waals surface area contributed by atoms with Crippen molar-refractivity contribution < 1.29 is 9.59 Å². The Balaban J connectivity index is 2.34. The van der Waals surface area contributed by atoms with Crippen molar-refractivity contribution in [2.24, 2.45) is 7.05 Å². The highest BCUT2D eigenvalue weighted by Crippen LogP contribution is 2.18. The number of hydrogen-bond acceptors (Lipinski definition) is 3. The molecule has 2 rings (SSSR count). The zero-order valence-electron chi connectivity index (χ0n) is 9.30. The predicted molar refractivity (Wildman–Crippen MR) is 57.8 cm³/mol.